The van der Waals surface area contributed by atoms with E-state index in [4.69, 9.17) is 17.3 Å². The summed E-state index contributed by atoms with van der Waals surface area (Å²) in [5, 5.41) is 6.28. The topological polar surface area (TPSA) is 81.2 Å². The molecule has 162 valence electrons. The minimum Gasteiger partial charge on any atom is -0.368 e. The molecule has 0 fully saturated rings. The number of carbonyl (C=O) groups excluding carboxylic acids is 2. The number of halogens is 1. The number of nitrogens with two attached hydrogens (primary N) is 1. The Labute approximate surface area is 194 Å². The van der Waals surface area contributed by atoms with Gasteiger partial charge in [-0.3, -0.25) is 14.3 Å². The number of hydrogen-bond acceptors (Lipinski definition) is 4. The normalized spacial score (nSPS) is 15.7. The maximum atomic E-state index is 13.5. The Morgan fingerprint density at radius 1 is 1.16 bits per heavy atom. The van der Waals surface area contributed by atoms with Gasteiger partial charge in [0, 0.05) is 23.4 Å². The number of rotatable bonds is 4. The third-order valence-corrected chi connectivity index (χ3v) is 7.29. The number of nitrogens with zero attached hydrogens (tertiary/aromatic N) is 3. The van der Waals surface area contributed by atoms with Crippen molar-refractivity contribution in [3.8, 4) is 0 Å². The zero-order valence-corrected chi connectivity index (χ0v) is 19.0. The summed E-state index contributed by atoms with van der Waals surface area (Å²) in [6, 6.07) is 16.7. The average Bonchev–Trinajstić information content (AvgIpc) is 3.35. The summed E-state index contributed by atoms with van der Waals surface area (Å²) in [6.45, 7) is 2.88. The van der Waals surface area contributed by atoms with Gasteiger partial charge in [-0.05, 0) is 41.8 Å². The Hall–Kier alpha value is -3.16. The number of benzene rings is 2. The highest BCUT2D eigenvalue weighted by Gasteiger charge is 2.34. The Bertz CT molecular complexity index is 1340. The lowest BCUT2D eigenvalue weighted by molar-refractivity contribution is -0.122. The van der Waals surface area contributed by atoms with Crippen LogP contribution in [0.2, 0.25) is 5.02 Å². The molecule has 2 N–H and O–H groups in total. The molecular weight excluding hydrogens is 444 g/mol. The molecule has 0 radical (unpaired) electrons. The molecule has 1 aliphatic heterocycles. The minimum absolute atomic E-state index is 0.179. The van der Waals surface area contributed by atoms with Crippen LogP contribution in [-0.2, 0) is 24.3 Å². The molecule has 32 heavy (non-hydrogen) atoms. The molecule has 6 nitrogen and oxygen atoms in total. The van der Waals surface area contributed by atoms with Crippen molar-refractivity contribution in [2.75, 3.05) is 0 Å². The van der Waals surface area contributed by atoms with Gasteiger partial charge in [-0.2, -0.15) is 5.10 Å². The first-order valence-corrected chi connectivity index (χ1v) is 11.5. The molecule has 0 bridgehead atoms. The number of aromatic nitrogens is 2. The SMILES string of the molecule is Cc1nn(Cc2ccc(Cl)cc2)c2sc(C(=O)N3Cc4ccccc4C[C@@H]3C(N)=O)cc12. The van der Waals surface area contributed by atoms with Gasteiger partial charge in [0.2, 0.25) is 5.91 Å². The van der Waals surface area contributed by atoms with E-state index in [1.807, 2.05) is 66.2 Å². The number of primary amides is 1. The van der Waals surface area contributed by atoms with E-state index in [2.05, 4.69) is 5.10 Å². The molecule has 4 aromatic rings. The zero-order valence-electron chi connectivity index (χ0n) is 17.4. The Balaban J connectivity index is 1.48. The quantitative estimate of drug-likeness (QED) is 0.492. The monoisotopic (exact) mass is 464 g/mol. The predicted octanol–water partition coefficient (Wildman–Crippen LogP) is 4.16. The molecule has 2 amide bonds. The van der Waals surface area contributed by atoms with Gasteiger partial charge in [0.05, 0.1) is 17.1 Å². The molecule has 5 rings (SSSR count). The van der Waals surface area contributed by atoms with E-state index in [-0.39, 0.29) is 5.91 Å². The van der Waals surface area contributed by atoms with Crippen molar-refractivity contribution in [3.63, 3.8) is 0 Å². The van der Waals surface area contributed by atoms with Crippen molar-refractivity contribution in [1.29, 1.82) is 0 Å². The number of amides is 2. The predicted molar refractivity (Wildman–Crippen MR) is 126 cm³/mol. The summed E-state index contributed by atoms with van der Waals surface area (Å²) in [7, 11) is 0. The first-order valence-electron chi connectivity index (χ1n) is 10.3. The molecule has 0 spiro atoms. The van der Waals surface area contributed by atoms with E-state index in [0.717, 1.165) is 32.6 Å². The van der Waals surface area contributed by atoms with Crippen LogP contribution >= 0.6 is 22.9 Å². The van der Waals surface area contributed by atoms with Gasteiger partial charge >= 0.3 is 0 Å². The Morgan fingerprint density at radius 2 is 1.88 bits per heavy atom. The number of aryl methyl sites for hydroxylation is 1. The van der Waals surface area contributed by atoms with Gasteiger partial charge in [0.15, 0.2) is 0 Å². The second kappa shape index (κ2) is 8.07. The average molecular weight is 465 g/mol. The molecule has 2 aromatic carbocycles. The lowest BCUT2D eigenvalue weighted by Crippen LogP contribution is -2.51. The summed E-state index contributed by atoms with van der Waals surface area (Å²) < 4.78 is 1.91. The maximum Gasteiger partial charge on any atom is 0.265 e. The van der Waals surface area contributed by atoms with Crippen molar-refractivity contribution >= 4 is 45.0 Å². The van der Waals surface area contributed by atoms with Crippen molar-refractivity contribution < 1.29 is 9.59 Å². The minimum atomic E-state index is -0.658. The van der Waals surface area contributed by atoms with Gasteiger partial charge in [0.25, 0.3) is 5.91 Å². The molecule has 1 aliphatic rings. The first kappa shape index (κ1) is 20.7. The number of fused-ring (bicyclic) bond motifs is 2. The third-order valence-electron chi connectivity index (χ3n) is 5.90. The molecule has 0 saturated carbocycles. The lowest BCUT2D eigenvalue weighted by atomic mass is 9.93. The lowest BCUT2D eigenvalue weighted by Gasteiger charge is -2.34. The Morgan fingerprint density at radius 3 is 2.59 bits per heavy atom. The number of hydrogen-bond donors (Lipinski definition) is 1. The Kier molecular flexibility index (Phi) is 5.23. The van der Waals surface area contributed by atoms with Crippen molar-refractivity contribution in [2.45, 2.75) is 32.5 Å². The van der Waals surface area contributed by atoms with Gasteiger partial charge in [-0.15, -0.1) is 11.3 Å². The summed E-state index contributed by atoms with van der Waals surface area (Å²) in [5.41, 5.74) is 9.72. The van der Waals surface area contributed by atoms with Crippen molar-refractivity contribution in [1.82, 2.24) is 14.7 Å². The van der Waals surface area contributed by atoms with Crippen LogP contribution in [0.15, 0.2) is 54.6 Å². The van der Waals surface area contributed by atoms with E-state index >= 15 is 0 Å². The van der Waals surface area contributed by atoms with Gasteiger partial charge in [-0.1, -0.05) is 48.0 Å². The summed E-state index contributed by atoms with van der Waals surface area (Å²) in [4.78, 5) is 28.8. The fourth-order valence-corrected chi connectivity index (χ4v) is 5.46. The van der Waals surface area contributed by atoms with Gasteiger partial charge in [0.1, 0.15) is 10.9 Å². The van der Waals surface area contributed by atoms with E-state index in [1.165, 1.54) is 11.3 Å². The number of carbonyl (C=O) groups is 2. The van der Waals surface area contributed by atoms with E-state index in [1.54, 1.807) is 4.90 Å². The maximum absolute atomic E-state index is 13.5. The molecule has 8 heteroatoms. The molecular formula is C24H21ClN4O2S. The van der Waals surface area contributed by atoms with Crippen LogP contribution in [-0.4, -0.2) is 32.5 Å². The van der Waals surface area contributed by atoms with Crippen LogP contribution in [0.25, 0.3) is 10.2 Å². The second-order valence-corrected chi connectivity index (χ2v) is 9.49. The van der Waals surface area contributed by atoms with Crippen LogP contribution in [0.5, 0.6) is 0 Å². The van der Waals surface area contributed by atoms with Crippen LogP contribution in [0.3, 0.4) is 0 Å². The highest BCUT2D eigenvalue weighted by atomic mass is 35.5. The van der Waals surface area contributed by atoms with Crippen LogP contribution in [0.1, 0.15) is 32.1 Å². The smallest absolute Gasteiger partial charge is 0.265 e. The zero-order chi connectivity index (χ0) is 22.4. The fraction of sp³-hybridized carbons (Fsp3) is 0.208. The highest BCUT2D eigenvalue weighted by molar-refractivity contribution is 7.20. The largest absolute Gasteiger partial charge is 0.368 e. The standard InChI is InChI=1S/C24H21ClN4O2S/c1-14-19-11-21(32-24(19)29(27-14)12-15-6-8-18(25)9-7-15)23(31)28-13-17-5-3-2-4-16(17)10-20(28)22(26)30/h2-9,11,20H,10,12-13H2,1H3,(H2,26,30)/t20-/m1/s1. The summed E-state index contributed by atoms with van der Waals surface area (Å²) in [5.74, 6) is -0.666. The molecule has 0 unspecified atom stereocenters. The van der Waals surface area contributed by atoms with Gasteiger partial charge < -0.3 is 10.6 Å². The molecule has 1 atom stereocenters. The van der Waals surface area contributed by atoms with Crippen LogP contribution in [0, 0.1) is 6.92 Å². The molecule has 3 heterocycles. The molecule has 0 saturated heterocycles. The van der Waals surface area contributed by atoms with E-state index in [0.29, 0.717) is 29.4 Å². The van der Waals surface area contributed by atoms with E-state index in [9.17, 15) is 9.59 Å². The third kappa shape index (κ3) is 3.67. The van der Waals surface area contributed by atoms with Crippen molar-refractivity contribution in [3.05, 3.63) is 86.9 Å². The second-order valence-electron chi connectivity index (χ2n) is 8.02. The van der Waals surface area contributed by atoms with E-state index < -0.39 is 11.9 Å². The summed E-state index contributed by atoms with van der Waals surface area (Å²) >= 11 is 7.39. The number of thiophene rings is 1. The molecule has 2 aromatic heterocycles. The first-order chi connectivity index (χ1) is 15.4. The van der Waals surface area contributed by atoms with Gasteiger partial charge in [-0.25, -0.2) is 0 Å². The molecule has 0 aliphatic carbocycles. The van der Waals surface area contributed by atoms with Crippen molar-refractivity contribution in [2.24, 2.45) is 5.73 Å². The van der Waals surface area contributed by atoms with Crippen LogP contribution < -0.4 is 5.73 Å². The summed E-state index contributed by atoms with van der Waals surface area (Å²) in [6.07, 6.45) is 0.436. The van der Waals surface area contributed by atoms with Crippen LogP contribution in [0.4, 0.5) is 0 Å². The fourth-order valence-electron chi connectivity index (χ4n) is 4.22. The highest BCUT2D eigenvalue weighted by Crippen LogP contribution is 2.32.